The molecule has 0 saturated heterocycles. The van der Waals surface area contributed by atoms with Crippen LogP contribution < -0.4 is 10.1 Å². The Labute approximate surface area is 193 Å². The van der Waals surface area contributed by atoms with Gasteiger partial charge in [0.1, 0.15) is 11.5 Å². The zero-order valence-corrected chi connectivity index (χ0v) is 18.3. The largest absolute Gasteiger partial charge is 0.484 e. The van der Waals surface area contributed by atoms with Crippen LogP contribution in [-0.4, -0.2) is 30.1 Å². The maximum absolute atomic E-state index is 12.8. The van der Waals surface area contributed by atoms with Crippen molar-refractivity contribution in [3.8, 4) is 5.75 Å². The number of thioether (sulfide) groups is 1. The van der Waals surface area contributed by atoms with Crippen molar-refractivity contribution in [2.75, 3.05) is 12.4 Å². The van der Waals surface area contributed by atoms with E-state index in [4.69, 9.17) is 9.15 Å². The number of hydrogen-bond donors (Lipinski definition) is 1. The van der Waals surface area contributed by atoms with Crippen molar-refractivity contribution in [3.63, 3.8) is 0 Å². The number of amides is 1. The van der Waals surface area contributed by atoms with Gasteiger partial charge in [-0.15, -0.1) is 11.8 Å². The minimum Gasteiger partial charge on any atom is -0.484 e. The second-order valence-corrected chi connectivity index (χ2v) is 8.15. The van der Waals surface area contributed by atoms with Crippen LogP contribution in [0.15, 0.2) is 77.4 Å². The lowest BCUT2D eigenvalue weighted by molar-refractivity contribution is -0.137. The van der Waals surface area contributed by atoms with Crippen LogP contribution in [0.25, 0.3) is 0 Å². The van der Waals surface area contributed by atoms with Crippen LogP contribution in [0, 0.1) is 0 Å². The summed E-state index contributed by atoms with van der Waals surface area (Å²) in [5.74, 6) is 0.558. The summed E-state index contributed by atoms with van der Waals surface area (Å²) in [7, 11) is 0. The predicted octanol–water partition coefficient (Wildman–Crippen LogP) is 4.91. The van der Waals surface area contributed by atoms with Gasteiger partial charge in [-0.25, -0.2) is 0 Å². The van der Waals surface area contributed by atoms with Gasteiger partial charge < -0.3 is 14.5 Å². The van der Waals surface area contributed by atoms with Crippen LogP contribution in [0.3, 0.4) is 0 Å². The normalized spacial score (nSPS) is 12.2. The quantitative estimate of drug-likeness (QED) is 0.425. The van der Waals surface area contributed by atoms with E-state index in [1.165, 1.54) is 23.9 Å². The SMILES string of the molecule is O=C(COc1cccc(C(F)(F)F)c1)NC(Cc1ccccc1)C(=O)CSCc1ccco1. The molecule has 0 fully saturated rings. The fourth-order valence-electron chi connectivity index (χ4n) is 2.99. The first-order valence-electron chi connectivity index (χ1n) is 10.1. The van der Waals surface area contributed by atoms with Crippen molar-refractivity contribution in [3.05, 3.63) is 89.9 Å². The van der Waals surface area contributed by atoms with E-state index in [1.54, 1.807) is 12.3 Å². The highest BCUT2D eigenvalue weighted by Gasteiger charge is 2.30. The van der Waals surface area contributed by atoms with Crippen LogP contribution >= 0.6 is 11.8 Å². The number of benzene rings is 2. The average Bonchev–Trinajstić information content (AvgIpc) is 3.31. The maximum atomic E-state index is 12.8. The van der Waals surface area contributed by atoms with Gasteiger partial charge >= 0.3 is 6.18 Å². The number of alkyl halides is 3. The maximum Gasteiger partial charge on any atom is 0.416 e. The molecular formula is C24H22F3NO4S. The zero-order chi connectivity index (χ0) is 23.7. The van der Waals surface area contributed by atoms with Crippen LogP contribution in [0.5, 0.6) is 5.75 Å². The molecule has 0 spiro atoms. The first-order valence-corrected chi connectivity index (χ1v) is 11.2. The summed E-state index contributed by atoms with van der Waals surface area (Å²) in [6, 6.07) is 16.3. The first-order chi connectivity index (χ1) is 15.8. The number of hydrogen-bond acceptors (Lipinski definition) is 5. The minimum absolute atomic E-state index is 0.0834. The molecule has 1 unspecified atom stereocenters. The smallest absolute Gasteiger partial charge is 0.416 e. The molecule has 1 heterocycles. The van der Waals surface area contributed by atoms with Gasteiger partial charge in [0.2, 0.25) is 0 Å². The standard InChI is InChI=1S/C24H22F3NO4S/c25-24(26,27)18-8-4-9-19(13-18)32-14-23(30)28-21(12-17-6-2-1-3-7-17)22(29)16-33-15-20-10-5-11-31-20/h1-11,13,21H,12,14-16H2,(H,28,30). The lowest BCUT2D eigenvalue weighted by atomic mass is 10.0. The highest BCUT2D eigenvalue weighted by Crippen LogP contribution is 2.31. The topological polar surface area (TPSA) is 68.5 Å². The summed E-state index contributed by atoms with van der Waals surface area (Å²) in [6.45, 7) is -0.514. The molecule has 9 heteroatoms. The number of carbonyl (C=O) groups excluding carboxylic acids is 2. The molecule has 1 N–H and O–H groups in total. The molecule has 1 amide bonds. The van der Waals surface area contributed by atoms with Gasteiger partial charge in [0.25, 0.3) is 5.91 Å². The van der Waals surface area contributed by atoms with Gasteiger partial charge in [-0.1, -0.05) is 36.4 Å². The molecule has 33 heavy (non-hydrogen) atoms. The van der Waals surface area contributed by atoms with Crippen LogP contribution in [-0.2, 0) is 27.9 Å². The molecule has 5 nitrogen and oxygen atoms in total. The first kappa shape index (κ1) is 24.4. The molecule has 1 aromatic heterocycles. The molecule has 0 aliphatic heterocycles. The Morgan fingerprint density at radius 2 is 1.82 bits per heavy atom. The Morgan fingerprint density at radius 1 is 1.03 bits per heavy atom. The average molecular weight is 478 g/mol. The number of furan rings is 1. The third-order valence-electron chi connectivity index (χ3n) is 4.61. The molecular weight excluding hydrogens is 455 g/mol. The molecule has 3 rings (SSSR count). The number of halogens is 3. The highest BCUT2D eigenvalue weighted by molar-refractivity contribution is 7.99. The molecule has 0 radical (unpaired) electrons. The Hall–Kier alpha value is -3.20. The predicted molar refractivity (Wildman–Crippen MR) is 119 cm³/mol. The van der Waals surface area contributed by atoms with Crippen molar-refractivity contribution in [1.82, 2.24) is 5.32 Å². The van der Waals surface area contributed by atoms with Crippen molar-refractivity contribution in [2.24, 2.45) is 0 Å². The molecule has 0 aliphatic carbocycles. The van der Waals surface area contributed by atoms with Gasteiger partial charge in [-0.05, 0) is 42.3 Å². The summed E-state index contributed by atoms with van der Waals surface area (Å²) < 4.78 is 49.0. The van der Waals surface area contributed by atoms with E-state index in [0.29, 0.717) is 5.75 Å². The number of Topliss-reactive ketones (excluding diaryl/α,β-unsaturated/α-hetero) is 1. The van der Waals surface area contributed by atoms with E-state index in [-0.39, 0.29) is 23.7 Å². The van der Waals surface area contributed by atoms with Crippen molar-refractivity contribution in [1.29, 1.82) is 0 Å². The molecule has 0 saturated carbocycles. The fraction of sp³-hybridized carbons (Fsp3) is 0.250. The highest BCUT2D eigenvalue weighted by atomic mass is 32.2. The second kappa shape index (κ2) is 11.6. The summed E-state index contributed by atoms with van der Waals surface area (Å²) in [4.78, 5) is 25.2. The van der Waals surface area contributed by atoms with Gasteiger partial charge in [-0.2, -0.15) is 13.2 Å². The van der Waals surface area contributed by atoms with E-state index >= 15 is 0 Å². The van der Waals surface area contributed by atoms with E-state index < -0.39 is 30.3 Å². The summed E-state index contributed by atoms with van der Waals surface area (Å²) in [6.07, 6.45) is -2.67. The van der Waals surface area contributed by atoms with E-state index in [1.807, 2.05) is 36.4 Å². The molecule has 2 aromatic carbocycles. The van der Waals surface area contributed by atoms with Gasteiger partial charge in [0.05, 0.1) is 29.4 Å². The number of nitrogens with one attached hydrogen (secondary N) is 1. The molecule has 3 aromatic rings. The molecule has 0 bridgehead atoms. The van der Waals surface area contributed by atoms with Crippen LogP contribution in [0.4, 0.5) is 13.2 Å². The van der Waals surface area contributed by atoms with E-state index in [0.717, 1.165) is 23.5 Å². The van der Waals surface area contributed by atoms with Crippen molar-refractivity contribution in [2.45, 2.75) is 24.4 Å². The molecule has 0 aliphatic rings. The van der Waals surface area contributed by atoms with Gasteiger partial charge in [0, 0.05) is 0 Å². The Kier molecular flexibility index (Phi) is 8.59. The number of carbonyl (C=O) groups is 2. The third-order valence-corrected chi connectivity index (χ3v) is 5.58. The minimum atomic E-state index is -4.51. The summed E-state index contributed by atoms with van der Waals surface area (Å²) in [5.41, 5.74) is -0.00268. The molecule has 1 atom stereocenters. The van der Waals surface area contributed by atoms with Gasteiger partial charge in [0.15, 0.2) is 12.4 Å². The zero-order valence-electron chi connectivity index (χ0n) is 17.5. The van der Waals surface area contributed by atoms with Crippen molar-refractivity contribution >= 4 is 23.5 Å². The number of ether oxygens (including phenoxy) is 1. The lowest BCUT2D eigenvalue weighted by Gasteiger charge is -2.18. The van der Waals surface area contributed by atoms with E-state index in [9.17, 15) is 22.8 Å². The summed E-state index contributed by atoms with van der Waals surface area (Å²) in [5, 5.41) is 2.65. The van der Waals surface area contributed by atoms with Gasteiger partial charge in [-0.3, -0.25) is 9.59 Å². The molecule has 174 valence electrons. The Morgan fingerprint density at radius 3 is 2.52 bits per heavy atom. The lowest BCUT2D eigenvalue weighted by Crippen LogP contribution is -2.45. The third kappa shape index (κ3) is 8.02. The van der Waals surface area contributed by atoms with Crippen molar-refractivity contribution < 1.29 is 31.9 Å². The second-order valence-electron chi connectivity index (χ2n) is 7.16. The number of ketones is 1. The van der Waals surface area contributed by atoms with Crippen LogP contribution in [0.2, 0.25) is 0 Å². The Bertz CT molecular complexity index is 1040. The number of rotatable bonds is 11. The fourth-order valence-corrected chi connectivity index (χ4v) is 3.86. The summed E-state index contributed by atoms with van der Waals surface area (Å²) >= 11 is 1.37. The van der Waals surface area contributed by atoms with Crippen LogP contribution in [0.1, 0.15) is 16.9 Å². The Balaban J connectivity index is 1.58. The monoisotopic (exact) mass is 477 g/mol. The van der Waals surface area contributed by atoms with E-state index in [2.05, 4.69) is 5.32 Å².